The minimum absolute atomic E-state index is 0.0418. The van der Waals surface area contributed by atoms with Crippen LogP contribution in [-0.4, -0.2) is 19.9 Å². The monoisotopic (exact) mass is 310 g/mol. The molecule has 6 nitrogen and oxygen atoms in total. The largest absolute Gasteiger partial charge is 0.270 e. The van der Waals surface area contributed by atoms with E-state index in [1.807, 2.05) is 0 Å². The van der Waals surface area contributed by atoms with Gasteiger partial charge >= 0.3 is 0 Å². The van der Waals surface area contributed by atoms with Gasteiger partial charge in [-0.2, -0.15) is 0 Å². The zero-order valence-corrected chi connectivity index (χ0v) is 12.4. The van der Waals surface area contributed by atoms with Crippen molar-refractivity contribution in [2.75, 3.05) is 6.54 Å². The number of rotatable bonds is 5. The molecule has 21 heavy (non-hydrogen) atoms. The van der Waals surface area contributed by atoms with Crippen molar-refractivity contribution in [3.63, 3.8) is 0 Å². The number of nitro groups is 1. The fourth-order valence-corrected chi connectivity index (χ4v) is 4.82. The van der Waals surface area contributed by atoms with Crippen LogP contribution in [-0.2, 0) is 10.0 Å². The molecule has 1 aromatic carbocycles. The van der Waals surface area contributed by atoms with Gasteiger partial charge in [-0.1, -0.05) is 12.5 Å². The highest BCUT2D eigenvalue weighted by Gasteiger charge is 2.39. The molecule has 2 fully saturated rings. The van der Waals surface area contributed by atoms with Crippen LogP contribution < -0.4 is 4.72 Å². The molecule has 3 atom stereocenters. The number of benzene rings is 1. The highest BCUT2D eigenvalue weighted by Crippen LogP contribution is 2.48. The summed E-state index contributed by atoms with van der Waals surface area (Å²) in [5.41, 5.74) is -0.210. The number of fused-ring (bicyclic) bond motifs is 2. The van der Waals surface area contributed by atoms with Gasteiger partial charge in [0.1, 0.15) is 0 Å². The molecule has 0 saturated heterocycles. The predicted octanol–water partition coefficient (Wildman–Crippen LogP) is 2.31. The lowest BCUT2D eigenvalue weighted by atomic mass is 9.89. The lowest BCUT2D eigenvalue weighted by Gasteiger charge is -2.21. The summed E-state index contributed by atoms with van der Waals surface area (Å²) >= 11 is 0. The third-order valence-corrected chi connectivity index (χ3v) is 6.18. The first-order valence-corrected chi connectivity index (χ1v) is 8.68. The van der Waals surface area contributed by atoms with Crippen molar-refractivity contribution in [2.45, 2.75) is 30.6 Å². The summed E-state index contributed by atoms with van der Waals surface area (Å²) in [4.78, 5) is 10.1. The molecule has 2 bridgehead atoms. The van der Waals surface area contributed by atoms with E-state index in [1.54, 1.807) is 0 Å². The van der Waals surface area contributed by atoms with Gasteiger partial charge in [0.25, 0.3) is 5.69 Å². The van der Waals surface area contributed by atoms with Crippen molar-refractivity contribution < 1.29 is 13.3 Å². The fourth-order valence-electron chi connectivity index (χ4n) is 3.69. The Kier molecular flexibility index (Phi) is 3.71. The van der Waals surface area contributed by atoms with Crippen molar-refractivity contribution in [2.24, 2.45) is 17.8 Å². The van der Waals surface area contributed by atoms with Gasteiger partial charge in [0.15, 0.2) is 0 Å². The molecule has 0 amide bonds. The van der Waals surface area contributed by atoms with Crippen LogP contribution in [0.2, 0.25) is 0 Å². The Balaban J connectivity index is 1.69. The van der Waals surface area contributed by atoms with E-state index in [4.69, 9.17) is 0 Å². The molecule has 1 N–H and O–H groups in total. The molecule has 2 aliphatic rings. The van der Waals surface area contributed by atoms with Gasteiger partial charge in [-0.3, -0.25) is 10.1 Å². The van der Waals surface area contributed by atoms with Gasteiger partial charge in [-0.15, -0.1) is 0 Å². The second-order valence-electron chi connectivity index (χ2n) is 6.04. The molecule has 1 aromatic rings. The lowest BCUT2D eigenvalue weighted by Crippen LogP contribution is -2.31. The molecule has 0 aliphatic heterocycles. The van der Waals surface area contributed by atoms with E-state index in [0.717, 1.165) is 18.4 Å². The van der Waals surface area contributed by atoms with Gasteiger partial charge in [0, 0.05) is 18.7 Å². The Morgan fingerprint density at radius 2 is 2.10 bits per heavy atom. The minimum Gasteiger partial charge on any atom is -0.258 e. The number of hydrogen-bond donors (Lipinski definition) is 1. The Morgan fingerprint density at radius 1 is 1.29 bits per heavy atom. The van der Waals surface area contributed by atoms with E-state index >= 15 is 0 Å². The number of hydrogen-bond acceptors (Lipinski definition) is 4. The van der Waals surface area contributed by atoms with Crippen molar-refractivity contribution in [3.8, 4) is 0 Å². The Morgan fingerprint density at radius 3 is 2.71 bits per heavy atom. The maximum absolute atomic E-state index is 12.2. The molecule has 7 heteroatoms. The number of nitro benzene ring substituents is 1. The van der Waals surface area contributed by atoms with Crippen LogP contribution in [0.25, 0.3) is 0 Å². The van der Waals surface area contributed by atoms with E-state index < -0.39 is 14.9 Å². The third kappa shape index (κ3) is 2.94. The maximum Gasteiger partial charge on any atom is 0.270 e. The zero-order chi connectivity index (χ0) is 15.0. The quantitative estimate of drug-likeness (QED) is 0.667. The summed E-state index contributed by atoms with van der Waals surface area (Å²) < 4.78 is 27.1. The number of sulfonamides is 1. The van der Waals surface area contributed by atoms with Crippen molar-refractivity contribution in [3.05, 3.63) is 34.4 Å². The second-order valence-corrected chi connectivity index (χ2v) is 7.81. The minimum atomic E-state index is -3.68. The van der Waals surface area contributed by atoms with Gasteiger partial charge in [0.05, 0.1) is 9.82 Å². The van der Waals surface area contributed by atoms with E-state index in [2.05, 4.69) is 4.72 Å². The van der Waals surface area contributed by atoms with Crippen molar-refractivity contribution in [1.82, 2.24) is 4.72 Å². The molecule has 0 heterocycles. The van der Waals surface area contributed by atoms with E-state index in [0.29, 0.717) is 18.4 Å². The van der Waals surface area contributed by atoms with E-state index in [-0.39, 0.29) is 10.6 Å². The van der Waals surface area contributed by atoms with Crippen LogP contribution in [0.4, 0.5) is 5.69 Å². The first-order valence-electron chi connectivity index (χ1n) is 7.20. The summed E-state index contributed by atoms with van der Waals surface area (Å²) in [6.07, 6.45) is 4.80. The summed E-state index contributed by atoms with van der Waals surface area (Å²) in [6.45, 7) is 0.437. The summed E-state index contributed by atoms with van der Waals surface area (Å²) in [6, 6.07) is 5.17. The van der Waals surface area contributed by atoms with Crippen molar-refractivity contribution >= 4 is 15.7 Å². The molecule has 0 spiro atoms. The van der Waals surface area contributed by atoms with Crippen LogP contribution in [0.15, 0.2) is 29.2 Å². The van der Waals surface area contributed by atoms with Gasteiger partial charge in [-0.05, 0) is 43.1 Å². The van der Waals surface area contributed by atoms with E-state index in [1.165, 1.54) is 37.5 Å². The maximum atomic E-state index is 12.2. The number of nitrogens with zero attached hydrogens (tertiary/aromatic N) is 1. The molecule has 0 unspecified atom stereocenters. The smallest absolute Gasteiger partial charge is 0.258 e. The molecule has 0 radical (unpaired) electrons. The normalized spacial score (nSPS) is 27.9. The Labute approximate surface area is 123 Å². The summed E-state index contributed by atoms with van der Waals surface area (Å²) in [5, 5.41) is 10.7. The average molecular weight is 310 g/mol. The second kappa shape index (κ2) is 5.38. The van der Waals surface area contributed by atoms with Crippen LogP contribution in [0, 0.1) is 27.9 Å². The highest BCUT2D eigenvalue weighted by molar-refractivity contribution is 7.89. The topological polar surface area (TPSA) is 89.3 Å². The van der Waals surface area contributed by atoms with E-state index in [9.17, 15) is 18.5 Å². The SMILES string of the molecule is O=[N+]([O-])c1cccc(S(=O)(=O)NC[C@@H]2C[C@H]3CC[C@H]2C3)c1. The summed E-state index contributed by atoms with van der Waals surface area (Å²) in [7, 11) is -3.68. The van der Waals surface area contributed by atoms with Crippen LogP contribution >= 0.6 is 0 Å². The molecule has 114 valence electrons. The van der Waals surface area contributed by atoms with Crippen LogP contribution in [0.3, 0.4) is 0 Å². The van der Waals surface area contributed by atoms with Gasteiger partial charge in [-0.25, -0.2) is 13.1 Å². The Bertz CT molecular complexity index is 659. The fraction of sp³-hybridized carbons (Fsp3) is 0.571. The average Bonchev–Trinajstić information content (AvgIpc) is 3.08. The first-order chi connectivity index (χ1) is 9.95. The molecular formula is C14H18N2O4S. The highest BCUT2D eigenvalue weighted by atomic mass is 32.2. The summed E-state index contributed by atoms with van der Waals surface area (Å²) in [5.74, 6) is 1.82. The molecule has 3 rings (SSSR count). The predicted molar refractivity (Wildman–Crippen MR) is 77.2 cm³/mol. The standard InChI is InChI=1S/C14H18N2O4S/c17-16(18)13-2-1-3-14(8-13)21(19,20)15-9-12-7-10-4-5-11(12)6-10/h1-3,8,10-12,15H,4-7,9H2/t10-,11-,12-/m0/s1. The molecule has 2 saturated carbocycles. The number of nitrogens with one attached hydrogen (secondary N) is 1. The number of non-ortho nitro benzene ring substituents is 1. The van der Waals surface area contributed by atoms with Gasteiger partial charge < -0.3 is 0 Å². The van der Waals surface area contributed by atoms with Crippen LogP contribution in [0.5, 0.6) is 0 Å². The molecule has 2 aliphatic carbocycles. The first kappa shape index (κ1) is 14.5. The molecular weight excluding hydrogens is 292 g/mol. The van der Waals surface area contributed by atoms with Crippen molar-refractivity contribution in [1.29, 1.82) is 0 Å². The molecule has 0 aromatic heterocycles. The Hall–Kier alpha value is -1.47. The lowest BCUT2D eigenvalue weighted by molar-refractivity contribution is -0.385. The van der Waals surface area contributed by atoms with Crippen LogP contribution in [0.1, 0.15) is 25.7 Å². The zero-order valence-electron chi connectivity index (χ0n) is 11.6. The third-order valence-electron chi connectivity index (χ3n) is 4.76. The van der Waals surface area contributed by atoms with Gasteiger partial charge in [0.2, 0.25) is 10.0 Å².